The van der Waals surface area contributed by atoms with E-state index in [1.165, 1.54) is 18.4 Å². The number of hydrogen-bond donors (Lipinski definition) is 1. The molecule has 23 heavy (non-hydrogen) atoms. The summed E-state index contributed by atoms with van der Waals surface area (Å²) in [5, 5.41) is 3.10. The van der Waals surface area contributed by atoms with E-state index in [0.29, 0.717) is 12.1 Å². The number of amides is 1. The summed E-state index contributed by atoms with van der Waals surface area (Å²) < 4.78 is 0.829. The van der Waals surface area contributed by atoms with Crippen molar-refractivity contribution in [3.05, 3.63) is 70.2 Å². The van der Waals surface area contributed by atoms with Gasteiger partial charge in [0, 0.05) is 11.0 Å². The van der Waals surface area contributed by atoms with Crippen LogP contribution < -0.4 is 5.32 Å². The van der Waals surface area contributed by atoms with Gasteiger partial charge in [-0.2, -0.15) is 0 Å². The van der Waals surface area contributed by atoms with E-state index in [1.54, 1.807) is 0 Å². The van der Waals surface area contributed by atoms with Gasteiger partial charge in [0.05, 0.1) is 11.6 Å². The predicted molar refractivity (Wildman–Crippen MR) is 96.5 cm³/mol. The average Bonchev–Trinajstić information content (AvgIpc) is 3.10. The number of nitrogens with zero attached hydrogens (tertiary/aromatic N) is 1. The van der Waals surface area contributed by atoms with Crippen LogP contribution in [0.4, 0.5) is 0 Å². The van der Waals surface area contributed by atoms with E-state index >= 15 is 0 Å². The predicted octanol–water partition coefficient (Wildman–Crippen LogP) is 4.02. The highest BCUT2D eigenvalue weighted by Gasteiger charge is 2.24. The van der Waals surface area contributed by atoms with Crippen LogP contribution in [0.5, 0.6) is 0 Å². The van der Waals surface area contributed by atoms with Crippen molar-refractivity contribution in [1.29, 1.82) is 0 Å². The molecule has 0 aromatic heterocycles. The summed E-state index contributed by atoms with van der Waals surface area (Å²) in [6.45, 7) is 2.83. The van der Waals surface area contributed by atoms with E-state index < -0.39 is 0 Å². The van der Waals surface area contributed by atoms with Gasteiger partial charge in [-0.3, -0.25) is 9.69 Å². The Kier molecular flexibility index (Phi) is 5.47. The number of benzene rings is 2. The van der Waals surface area contributed by atoms with Crippen molar-refractivity contribution in [2.45, 2.75) is 18.9 Å². The van der Waals surface area contributed by atoms with Gasteiger partial charge in [0.15, 0.2) is 0 Å². The Bertz CT molecular complexity index is 653. The lowest BCUT2D eigenvalue weighted by Gasteiger charge is -2.28. The van der Waals surface area contributed by atoms with E-state index in [4.69, 9.17) is 0 Å². The molecule has 1 N–H and O–H groups in total. The molecule has 1 amide bonds. The molecule has 0 spiro atoms. The highest BCUT2D eigenvalue weighted by atomic mass is 79.9. The summed E-state index contributed by atoms with van der Waals surface area (Å²) in [7, 11) is 0. The first-order valence-corrected chi connectivity index (χ1v) is 8.87. The van der Waals surface area contributed by atoms with E-state index in [-0.39, 0.29) is 11.9 Å². The monoisotopic (exact) mass is 372 g/mol. The number of nitrogens with one attached hydrogen (secondary N) is 1. The fraction of sp³-hybridized carbons (Fsp3) is 0.316. The van der Waals surface area contributed by atoms with Gasteiger partial charge in [-0.05, 0) is 59.6 Å². The van der Waals surface area contributed by atoms with Crippen molar-refractivity contribution in [2.24, 2.45) is 0 Å². The maximum absolute atomic E-state index is 12.5. The second-order valence-corrected chi connectivity index (χ2v) is 6.71. The van der Waals surface area contributed by atoms with Crippen LogP contribution in [-0.4, -0.2) is 30.4 Å². The molecule has 2 aromatic carbocycles. The van der Waals surface area contributed by atoms with Crippen molar-refractivity contribution in [3.8, 4) is 0 Å². The van der Waals surface area contributed by atoms with Crippen LogP contribution in [0.25, 0.3) is 0 Å². The number of rotatable bonds is 5. The quantitative estimate of drug-likeness (QED) is 0.859. The van der Waals surface area contributed by atoms with E-state index in [1.807, 2.05) is 30.3 Å². The zero-order chi connectivity index (χ0) is 16.1. The molecule has 4 heteroatoms. The normalized spacial score (nSPS) is 16.2. The van der Waals surface area contributed by atoms with Crippen molar-refractivity contribution in [3.63, 3.8) is 0 Å². The second-order valence-electron chi connectivity index (χ2n) is 5.86. The van der Waals surface area contributed by atoms with Gasteiger partial charge >= 0.3 is 0 Å². The summed E-state index contributed by atoms with van der Waals surface area (Å²) >= 11 is 3.44. The standard InChI is InChI=1S/C19H21BrN2O/c20-17-11-5-4-10-16(17)19(23)21-14-18(22-12-6-7-13-22)15-8-2-1-3-9-15/h1-5,8-11,18H,6-7,12-14H2,(H,21,23). The smallest absolute Gasteiger partial charge is 0.252 e. The fourth-order valence-corrected chi connectivity index (χ4v) is 3.58. The van der Waals surface area contributed by atoms with Crippen molar-refractivity contribution in [1.82, 2.24) is 10.2 Å². The fourth-order valence-electron chi connectivity index (χ4n) is 3.12. The zero-order valence-electron chi connectivity index (χ0n) is 13.0. The van der Waals surface area contributed by atoms with Gasteiger partial charge in [-0.1, -0.05) is 42.5 Å². The minimum Gasteiger partial charge on any atom is -0.350 e. The van der Waals surface area contributed by atoms with Crippen LogP contribution in [-0.2, 0) is 0 Å². The number of likely N-dealkylation sites (tertiary alicyclic amines) is 1. The molecule has 1 aliphatic heterocycles. The lowest BCUT2D eigenvalue weighted by atomic mass is 10.1. The van der Waals surface area contributed by atoms with Gasteiger partial charge < -0.3 is 5.32 Å². The average molecular weight is 373 g/mol. The maximum Gasteiger partial charge on any atom is 0.252 e. The second kappa shape index (κ2) is 7.75. The molecule has 1 saturated heterocycles. The molecule has 1 atom stereocenters. The Hall–Kier alpha value is -1.65. The summed E-state index contributed by atoms with van der Waals surface area (Å²) in [5.74, 6) is -0.0300. The molecule has 1 unspecified atom stereocenters. The summed E-state index contributed by atoms with van der Waals surface area (Å²) in [4.78, 5) is 14.9. The number of halogens is 1. The summed E-state index contributed by atoms with van der Waals surface area (Å²) in [5.41, 5.74) is 1.95. The molecular formula is C19H21BrN2O. The maximum atomic E-state index is 12.5. The topological polar surface area (TPSA) is 32.3 Å². The number of carbonyl (C=O) groups excluding carboxylic acids is 1. The minimum atomic E-state index is -0.0300. The highest BCUT2D eigenvalue weighted by Crippen LogP contribution is 2.24. The lowest BCUT2D eigenvalue weighted by molar-refractivity contribution is 0.0937. The highest BCUT2D eigenvalue weighted by molar-refractivity contribution is 9.10. The van der Waals surface area contributed by atoms with Crippen molar-refractivity contribution in [2.75, 3.05) is 19.6 Å². The van der Waals surface area contributed by atoms with E-state index in [0.717, 1.165) is 17.6 Å². The Morgan fingerprint density at radius 3 is 2.39 bits per heavy atom. The molecule has 120 valence electrons. The van der Waals surface area contributed by atoms with Crippen LogP contribution in [0.2, 0.25) is 0 Å². The van der Waals surface area contributed by atoms with E-state index in [2.05, 4.69) is 50.4 Å². The zero-order valence-corrected chi connectivity index (χ0v) is 14.6. The van der Waals surface area contributed by atoms with Gasteiger partial charge in [-0.15, -0.1) is 0 Å². The van der Waals surface area contributed by atoms with Crippen LogP contribution in [0, 0.1) is 0 Å². The van der Waals surface area contributed by atoms with Crippen LogP contribution in [0.1, 0.15) is 34.8 Å². The van der Waals surface area contributed by atoms with Crippen LogP contribution >= 0.6 is 15.9 Å². The molecule has 1 heterocycles. The molecule has 1 fully saturated rings. The number of hydrogen-bond acceptors (Lipinski definition) is 2. The largest absolute Gasteiger partial charge is 0.350 e. The molecule has 3 rings (SSSR count). The summed E-state index contributed by atoms with van der Waals surface area (Å²) in [6.07, 6.45) is 2.48. The molecular weight excluding hydrogens is 352 g/mol. The van der Waals surface area contributed by atoms with Crippen molar-refractivity contribution < 1.29 is 4.79 Å². The Labute approximate surface area is 145 Å². The van der Waals surface area contributed by atoms with Crippen LogP contribution in [0.15, 0.2) is 59.1 Å². The summed E-state index contributed by atoms with van der Waals surface area (Å²) in [6, 6.07) is 18.2. The Balaban J connectivity index is 1.72. The van der Waals surface area contributed by atoms with Crippen molar-refractivity contribution >= 4 is 21.8 Å². The Morgan fingerprint density at radius 1 is 1.04 bits per heavy atom. The lowest BCUT2D eigenvalue weighted by Crippen LogP contribution is -2.36. The third kappa shape index (κ3) is 4.01. The van der Waals surface area contributed by atoms with Crippen LogP contribution in [0.3, 0.4) is 0 Å². The molecule has 0 saturated carbocycles. The van der Waals surface area contributed by atoms with Gasteiger partial charge in [0.1, 0.15) is 0 Å². The number of carbonyl (C=O) groups is 1. The molecule has 1 aliphatic rings. The molecule has 2 aromatic rings. The van der Waals surface area contributed by atoms with Gasteiger partial charge in [0.2, 0.25) is 0 Å². The van der Waals surface area contributed by atoms with E-state index in [9.17, 15) is 4.79 Å². The Morgan fingerprint density at radius 2 is 1.70 bits per heavy atom. The first-order chi connectivity index (χ1) is 11.3. The molecule has 3 nitrogen and oxygen atoms in total. The first kappa shape index (κ1) is 16.2. The molecule has 0 radical (unpaired) electrons. The van der Waals surface area contributed by atoms with Gasteiger partial charge in [-0.25, -0.2) is 0 Å². The molecule has 0 bridgehead atoms. The molecule has 0 aliphatic carbocycles. The third-order valence-electron chi connectivity index (χ3n) is 4.34. The SMILES string of the molecule is O=C(NCC(c1ccccc1)N1CCCC1)c1ccccc1Br. The third-order valence-corrected chi connectivity index (χ3v) is 5.03. The minimum absolute atomic E-state index is 0.0300. The first-order valence-electron chi connectivity index (χ1n) is 8.07. The van der Waals surface area contributed by atoms with Gasteiger partial charge in [0.25, 0.3) is 5.91 Å².